The van der Waals surface area contributed by atoms with Crippen molar-refractivity contribution in [3.05, 3.63) is 70.1 Å². The number of rotatable bonds is 3. The molecule has 1 aliphatic rings. The molecule has 1 aromatic heterocycles. The van der Waals surface area contributed by atoms with Crippen molar-refractivity contribution in [2.45, 2.75) is 25.9 Å². The van der Waals surface area contributed by atoms with Crippen molar-refractivity contribution in [3.8, 4) is 0 Å². The van der Waals surface area contributed by atoms with Gasteiger partial charge in [-0.1, -0.05) is 30.3 Å². The molecular weight excluding hydrogens is 302 g/mol. The van der Waals surface area contributed by atoms with Crippen molar-refractivity contribution >= 4 is 5.91 Å². The Bertz CT molecular complexity index is 742. The lowest BCUT2D eigenvalue weighted by Crippen LogP contribution is -2.36. The van der Waals surface area contributed by atoms with Gasteiger partial charge in [-0.05, 0) is 25.0 Å². The van der Waals surface area contributed by atoms with Crippen molar-refractivity contribution in [3.63, 3.8) is 0 Å². The number of nitrogens with zero attached hydrogens (tertiary/aromatic N) is 2. The number of amides is 1. The molecule has 5 heteroatoms. The van der Waals surface area contributed by atoms with E-state index in [1.165, 1.54) is 17.8 Å². The van der Waals surface area contributed by atoms with E-state index in [0.717, 1.165) is 26.1 Å². The van der Waals surface area contributed by atoms with Gasteiger partial charge in [0, 0.05) is 50.0 Å². The van der Waals surface area contributed by atoms with Crippen LogP contribution in [0.5, 0.6) is 0 Å². The van der Waals surface area contributed by atoms with Crippen LogP contribution in [0.2, 0.25) is 0 Å². The number of H-pyrrole nitrogens is 1. The fraction of sp³-hybridized carbons (Fsp3) is 0.368. The second-order valence-corrected chi connectivity index (χ2v) is 6.33. The highest BCUT2D eigenvalue weighted by atomic mass is 16.2. The predicted octanol–water partition coefficient (Wildman–Crippen LogP) is 2.11. The minimum absolute atomic E-state index is 0.0603. The minimum atomic E-state index is -0.241. The van der Waals surface area contributed by atoms with Crippen LogP contribution in [-0.2, 0) is 6.54 Å². The number of nitrogens with one attached hydrogen (secondary N) is 1. The molecule has 24 heavy (non-hydrogen) atoms. The van der Waals surface area contributed by atoms with Gasteiger partial charge in [0.2, 0.25) is 5.56 Å². The van der Waals surface area contributed by atoms with E-state index < -0.39 is 0 Å². The first-order valence-electron chi connectivity index (χ1n) is 8.39. The van der Waals surface area contributed by atoms with Crippen molar-refractivity contribution in [1.29, 1.82) is 0 Å². The van der Waals surface area contributed by atoms with E-state index in [4.69, 9.17) is 0 Å². The number of hydrogen-bond donors (Lipinski definition) is 1. The molecule has 0 bridgehead atoms. The quantitative estimate of drug-likeness (QED) is 0.940. The van der Waals surface area contributed by atoms with Gasteiger partial charge in [0.1, 0.15) is 0 Å². The largest absolute Gasteiger partial charge is 0.337 e. The molecule has 126 valence electrons. The van der Waals surface area contributed by atoms with Crippen LogP contribution >= 0.6 is 0 Å². The fourth-order valence-electron chi connectivity index (χ4n) is 3.12. The lowest BCUT2D eigenvalue weighted by Gasteiger charge is -2.26. The maximum atomic E-state index is 12.6. The van der Waals surface area contributed by atoms with Gasteiger partial charge in [-0.25, -0.2) is 0 Å². The van der Waals surface area contributed by atoms with Crippen LogP contribution in [0, 0.1) is 0 Å². The number of pyridine rings is 1. The summed E-state index contributed by atoms with van der Waals surface area (Å²) in [5.74, 6) is -0.0603. The number of hydrogen-bond acceptors (Lipinski definition) is 3. The van der Waals surface area contributed by atoms with Crippen molar-refractivity contribution < 1.29 is 4.79 Å². The Morgan fingerprint density at radius 1 is 1.17 bits per heavy atom. The van der Waals surface area contributed by atoms with Crippen LogP contribution in [0.15, 0.2) is 53.5 Å². The molecular formula is C19H23N3O2. The molecule has 1 unspecified atom stereocenters. The van der Waals surface area contributed by atoms with Gasteiger partial charge in [0.05, 0.1) is 0 Å². The van der Waals surface area contributed by atoms with Gasteiger partial charge in [0.25, 0.3) is 5.91 Å². The Balaban J connectivity index is 1.67. The summed E-state index contributed by atoms with van der Waals surface area (Å²) >= 11 is 0. The number of carbonyl (C=O) groups excluding carboxylic acids is 1. The van der Waals surface area contributed by atoms with Crippen LogP contribution in [0.1, 0.15) is 29.3 Å². The summed E-state index contributed by atoms with van der Waals surface area (Å²) in [6.07, 6.45) is 2.46. The zero-order valence-electron chi connectivity index (χ0n) is 13.9. The first-order chi connectivity index (χ1) is 11.6. The third-order valence-corrected chi connectivity index (χ3v) is 4.64. The Labute approximate surface area is 141 Å². The van der Waals surface area contributed by atoms with E-state index in [0.29, 0.717) is 18.2 Å². The third kappa shape index (κ3) is 3.92. The Morgan fingerprint density at radius 2 is 1.96 bits per heavy atom. The molecule has 0 spiro atoms. The van der Waals surface area contributed by atoms with Crippen LogP contribution in [0.25, 0.3) is 0 Å². The first kappa shape index (κ1) is 16.5. The molecule has 0 saturated carbocycles. The van der Waals surface area contributed by atoms with E-state index in [2.05, 4.69) is 41.1 Å². The van der Waals surface area contributed by atoms with Gasteiger partial charge in [-0.3, -0.25) is 14.5 Å². The topological polar surface area (TPSA) is 56.4 Å². The molecule has 5 nitrogen and oxygen atoms in total. The molecule has 2 aromatic rings. The predicted molar refractivity (Wildman–Crippen MR) is 93.9 cm³/mol. The van der Waals surface area contributed by atoms with Crippen molar-refractivity contribution in [2.75, 3.05) is 19.6 Å². The second kappa shape index (κ2) is 7.45. The molecule has 1 N–H and O–H groups in total. The van der Waals surface area contributed by atoms with E-state index in [1.54, 1.807) is 6.07 Å². The molecule has 1 amide bonds. The zero-order chi connectivity index (χ0) is 16.9. The number of aromatic nitrogens is 1. The van der Waals surface area contributed by atoms with Gasteiger partial charge in [-0.2, -0.15) is 0 Å². The highest BCUT2D eigenvalue weighted by Gasteiger charge is 2.24. The van der Waals surface area contributed by atoms with Crippen LogP contribution in [0.3, 0.4) is 0 Å². The highest BCUT2D eigenvalue weighted by molar-refractivity contribution is 5.94. The average molecular weight is 325 g/mol. The Kier molecular flexibility index (Phi) is 5.11. The molecule has 2 heterocycles. The molecule has 0 radical (unpaired) electrons. The summed E-state index contributed by atoms with van der Waals surface area (Å²) in [5, 5.41) is 0. The summed E-state index contributed by atoms with van der Waals surface area (Å²) in [6.45, 7) is 5.35. The van der Waals surface area contributed by atoms with Crippen LogP contribution in [0.4, 0.5) is 0 Å². The maximum absolute atomic E-state index is 12.6. The second-order valence-electron chi connectivity index (χ2n) is 6.33. The number of aromatic amines is 1. The van der Waals surface area contributed by atoms with Crippen molar-refractivity contribution in [1.82, 2.24) is 14.8 Å². The number of carbonyl (C=O) groups is 1. The molecule has 0 aliphatic carbocycles. The SMILES string of the molecule is CC1CCN(C(=O)c2cc[nH]c(=O)c2)CCN1Cc1ccccc1. The molecule has 1 saturated heterocycles. The van der Waals surface area contributed by atoms with Gasteiger partial charge in [0.15, 0.2) is 0 Å². The van der Waals surface area contributed by atoms with E-state index >= 15 is 0 Å². The van der Waals surface area contributed by atoms with Gasteiger partial charge < -0.3 is 9.88 Å². The summed E-state index contributed by atoms with van der Waals surface area (Å²) in [5.41, 5.74) is 1.51. The smallest absolute Gasteiger partial charge is 0.254 e. The van der Waals surface area contributed by atoms with E-state index in [1.807, 2.05) is 11.0 Å². The summed E-state index contributed by atoms with van der Waals surface area (Å²) in [6, 6.07) is 13.9. The van der Waals surface area contributed by atoms with E-state index in [-0.39, 0.29) is 11.5 Å². The van der Waals surface area contributed by atoms with Gasteiger partial charge >= 0.3 is 0 Å². The average Bonchev–Trinajstić information content (AvgIpc) is 2.78. The van der Waals surface area contributed by atoms with Crippen molar-refractivity contribution in [2.24, 2.45) is 0 Å². The summed E-state index contributed by atoms with van der Waals surface area (Å²) in [4.78, 5) is 30.9. The van der Waals surface area contributed by atoms with Crippen LogP contribution < -0.4 is 5.56 Å². The number of benzene rings is 1. The molecule has 1 fully saturated rings. The fourth-order valence-corrected chi connectivity index (χ4v) is 3.12. The first-order valence-corrected chi connectivity index (χ1v) is 8.39. The Hall–Kier alpha value is -2.40. The third-order valence-electron chi connectivity index (χ3n) is 4.64. The van der Waals surface area contributed by atoms with Crippen LogP contribution in [-0.4, -0.2) is 46.4 Å². The monoisotopic (exact) mass is 325 g/mol. The maximum Gasteiger partial charge on any atom is 0.254 e. The molecule has 1 atom stereocenters. The summed E-state index contributed by atoms with van der Waals surface area (Å²) < 4.78 is 0. The molecule has 1 aromatic carbocycles. The van der Waals surface area contributed by atoms with Gasteiger partial charge in [-0.15, -0.1) is 0 Å². The normalized spacial score (nSPS) is 19.0. The Morgan fingerprint density at radius 3 is 2.71 bits per heavy atom. The zero-order valence-corrected chi connectivity index (χ0v) is 13.9. The minimum Gasteiger partial charge on any atom is -0.337 e. The standard InChI is InChI=1S/C19H23N3O2/c1-15-8-10-21(19(24)17-7-9-20-18(23)13-17)11-12-22(15)14-16-5-3-2-4-6-16/h2-7,9,13,15H,8,10-12,14H2,1H3,(H,20,23). The lowest BCUT2D eigenvalue weighted by atomic mass is 10.1. The van der Waals surface area contributed by atoms with E-state index in [9.17, 15) is 9.59 Å². The molecule has 1 aliphatic heterocycles. The summed E-state index contributed by atoms with van der Waals surface area (Å²) in [7, 11) is 0. The molecule has 3 rings (SSSR count). The highest BCUT2D eigenvalue weighted by Crippen LogP contribution is 2.16. The lowest BCUT2D eigenvalue weighted by molar-refractivity contribution is 0.0761.